The van der Waals surface area contributed by atoms with Crippen molar-refractivity contribution in [3.05, 3.63) is 63.4 Å². The number of halogens is 4. The summed E-state index contributed by atoms with van der Waals surface area (Å²) < 4.78 is 2.93. The molecule has 5 rings (SSSR count). The molecule has 0 spiro atoms. The van der Waals surface area contributed by atoms with Gasteiger partial charge in [0.2, 0.25) is 0 Å². The normalized spacial score (nSPS) is 13.1. The number of allylic oxidation sites excluding steroid dienone is 3. The topological polar surface area (TPSA) is 132 Å². The van der Waals surface area contributed by atoms with E-state index in [1.807, 2.05) is 39.8 Å². The Hall–Kier alpha value is -2.54. The Kier molecular flexibility index (Phi) is 8.73. The summed E-state index contributed by atoms with van der Waals surface area (Å²) in [5.74, 6) is -1.80. The van der Waals surface area contributed by atoms with Crippen molar-refractivity contribution in [1.82, 2.24) is 19.9 Å². The van der Waals surface area contributed by atoms with Crippen LogP contribution in [-0.2, 0) is 16.0 Å². The van der Waals surface area contributed by atoms with Crippen LogP contribution in [0.3, 0.4) is 0 Å². The summed E-state index contributed by atoms with van der Waals surface area (Å²) in [5, 5.41) is 19.0. The van der Waals surface area contributed by atoms with Crippen LogP contribution in [0.5, 0.6) is 0 Å². The number of H-pyrrole nitrogens is 2. The van der Waals surface area contributed by atoms with Gasteiger partial charge in [-0.15, -0.1) is 0 Å². The Morgan fingerprint density at radius 3 is 2.07 bits per heavy atom. The number of rotatable bonds is 6. The minimum Gasteiger partial charge on any atom is -0.481 e. The zero-order valence-corrected chi connectivity index (χ0v) is 29.4. The molecule has 2 aliphatic rings. The third-order valence-electron chi connectivity index (χ3n) is 7.59. The van der Waals surface area contributed by atoms with Gasteiger partial charge in [-0.2, -0.15) is 0 Å². The predicted molar refractivity (Wildman–Crippen MR) is 180 cm³/mol. The maximum Gasteiger partial charge on any atom is 0.303 e. The summed E-state index contributed by atoms with van der Waals surface area (Å²) in [6, 6.07) is 2.03. The van der Waals surface area contributed by atoms with Crippen LogP contribution in [0.2, 0.25) is 0 Å². The fraction of sp³-hybridized carbons (Fsp3) is 0.267. The highest BCUT2D eigenvalue weighted by Crippen LogP contribution is 2.43. The zero-order valence-electron chi connectivity index (χ0n) is 23.1. The first-order valence-corrected chi connectivity index (χ1v) is 16.2. The average Bonchev–Trinajstić information content (AvgIpc) is 3.68. The second-order valence-corrected chi connectivity index (χ2v) is 13.5. The Morgan fingerprint density at radius 2 is 1.40 bits per heavy atom. The largest absolute Gasteiger partial charge is 0.481 e. The van der Waals surface area contributed by atoms with Crippen molar-refractivity contribution < 1.29 is 19.8 Å². The summed E-state index contributed by atoms with van der Waals surface area (Å²) in [6.45, 7) is 7.91. The summed E-state index contributed by atoms with van der Waals surface area (Å²) in [4.78, 5) is 40.2. The van der Waals surface area contributed by atoms with Gasteiger partial charge >= 0.3 is 11.9 Å². The molecule has 5 heterocycles. The number of nitrogens with zero attached hydrogens (tertiary/aromatic N) is 2. The Bertz CT molecular complexity index is 1940. The quantitative estimate of drug-likeness (QED) is 0.196. The summed E-state index contributed by atoms with van der Waals surface area (Å²) >= 11 is 15.2. The standard InChI is InChI=1S/C30H26Br4N4O4/c1-11-9-18-22(32)27-13(3)15(5-7-19(39)40)29(37-27)24(34)30-16(6-8-20(41)42)14(4)28(38-30)23(33)26-12(2)10-17(36-26)21(31)25(11)35-18/h9-10,35,38H,5-8H2,1-4H3,(H,39,40)(H,41,42). The monoisotopic (exact) mass is 822 g/mol. The van der Waals surface area contributed by atoms with E-state index < -0.39 is 11.9 Å². The Balaban J connectivity index is 2.02. The zero-order chi connectivity index (χ0) is 30.6. The van der Waals surface area contributed by atoms with Gasteiger partial charge < -0.3 is 20.2 Å². The molecule has 0 aromatic carbocycles. The van der Waals surface area contributed by atoms with Crippen molar-refractivity contribution in [3.63, 3.8) is 0 Å². The third-order valence-corrected chi connectivity index (χ3v) is 10.7. The van der Waals surface area contributed by atoms with Gasteiger partial charge in [0.05, 0.1) is 62.7 Å². The van der Waals surface area contributed by atoms with E-state index in [4.69, 9.17) is 9.97 Å². The van der Waals surface area contributed by atoms with E-state index in [-0.39, 0.29) is 25.7 Å². The van der Waals surface area contributed by atoms with E-state index in [0.29, 0.717) is 21.4 Å². The van der Waals surface area contributed by atoms with Crippen LogP contribution < -0.4 is 0 Å². The molecule has 0 fully saturated rings. The minimum atomic E-state index is -0.902. The number of aryl methyl sites for hydroxylation is 3. The lowest BCUT2D eigenvalue weighted by molar-refractivity contribution is -0.137. The van der Waals surface area contributed by atoms with Crippen molar-refractivity contribution in [2.24, 2.45) is 0 Å². The smallest absolute Gasteiger partial charge is 0.303 e. The van der Waals surface area contributed by atoms with Crippen LogP contribution in [0.1, 0.15) is 72.6 Å². The first-order valence-electron chi connectivity index (χ1n) is 13.1. The lowest BCUT2D eigenvalue weighted by Crippen LogP contribution is -1.99. The number of fused-ring (bicyclic) bond motifs is 8. The molecule has 0 saturated heterocycles. The molecule has 0 atom stereocenters. The van der Waals surface area contributed by atoms with Crippen molar-refractivity contribution in [2.75, 3.05) is 0 Å². The van der Waals surface area contributed by atoms with Crippen molar-refractivity contribution >= 4 is 121 Å². The molecule has 0 amide bonds. The number of aliphatic carboxylic acids is 2. The van der Waals surface area contributed by atoms with Gasteiger partial charge in [0.1, 0.15) is 0 Å². The molecule has 2 aliphatic heterocycles. The molecule has 12 heteroatoms. The SMILES string of the molecule is CC1=Cc2nc1c(Br)c1[nH]c(c(Br)c3nc(c(Br)c4cc(C)c([nH]4)c2Br)C(C)=C3CCC(=O)O)c(CCC(=O)O)c1C. The first-order chi connectivity index (χ1) is 19.8. The summed E-state index contributed by atoms with van der Waals surface area (Å²) in [7, 11) is 0. The molecule has 3 aromatic heterocycles. The van der Waals surface area contributed by atoms with Crippen LogP contribution in [0.4, 0.5) is 0 Å². The number of nitrogens with one attached hydrogen (secondary N) is 2. The van der Waals surface area contributed by atoms with Crippen LogP contribution in [0.15, 0.2) is 24.0 Å². The highest BCUT2D eigenvalue weighted by atomic mass is 79.9. The van der Waals surface area contributed by atoms with Gasteiger partial charge in [0, 0.05) is 12.8 Å². The van der Waals surface area contributed by atoms with Gasteiger partial charge in [0.25, 0.3) is 0 Å². The Morgan fingerprint density at radius 1 is 0.762 bits per heavy atom. The van der Waals surface area contributed by atoms with Crippen LogP contribution >= 0.6 is 63.7 Å². The molecule has 0 aliphatic carbocycles. The van der Waals surface area contributed by atoms with E-state index in [2.05, 4.69) is 73.7 Å². The molecule has 0 saturated carbocycles. The Labute approximate surface area is 275 Å². The molecular formula is C30H26Br4N4O4. The second-order valence-electron chi connectivity index (χ2n) is 10.3. The van der Waals surface area contributed by atoms with E-state index in [0.717, 1.165) is 74.8 Å². The molecule has 3 aromatic rings. The molecular weight excluding hydrogens is 800 g/mol. The van der Waals surface area contributed by atoms with Gasteiger partial charge in [-0.3, -0.25) is 9.59 Å². The molecule has 218 valence electrons. The van der Waals surface area contributed by atoms with Crippen molar-refractivity contribution in [1.29, 1.82) is 0 Å². The lowest BCUT2D eigenvalue weighted by atomic mass is 10.0. The van der Waals surface area contributed by atoms with Crippen LogP contribution in [0.25, 0.3) is 44.9 Å². The summed E-state index contributed by atoms with van der Waals surface area (Å²) in [5.41, 5.74) is 11.3. The molecule has 42 heavy (non-hydrogen) atoms. The number of hydrogen-bond acceptors (Lipinski definition) is 4. The molecule has 0 radical (unpaired) electrons. The van der Waals surface area contributed by atoms with Gasteiger partial charge in [-0.1, -0.05) is 0 Å². The molecule has 4 N–H and O–H groups in total. The second kappa shape index (κ2) is 11.9. The van der Waals surface area contributed by atoms with E-state index in [1.165, 1.54) is 0 Å². The molecule has 8 nitrogen and oxygen atoms in total. The summed E-state index contributed by atoms with van der Waals surface area (Å²) in [6.07, 6.45) is 2.47. The third kappa shape index (κ3) is 5.46. The van der Waals surface area contributed by atoms with Gasteiger partial charge in [-0.05, 0) is 150 Å². The van der Waals surface area contributed by atoms with E-state index >= 15 is 0 Å². The lowest BCUT2D eigenvalue weighted by Gasteiger charge is -2.06. The van der Waals surface area contributed by atoms with E-state index in [1.54, 1.807) is 0 Å². The number of carboxylic acid groups (broad SMARTS) is 2. The molecule has 0 unspecified atom stereocenters. The van der Waals surface area contributed by atoms with E-state index in [9.17, 15) is 19.8 Å². The van der Waals surface area contributed by atoms with Crippen molar-refractivity contribution in [3.8, 4) is 0 Å². The highest BCUT2D eigenvalue weighted by molar-refractivity contribution is 9.11. The maximum atomic E-state index is 11.6. The highest BCUT2D eigenvalue weighted by Gasteiger charge is 2.25. The first kappa shape index (κ1) is 30.9. The predicted octanol–water partition coefficient (Wildman–Crippen LogP) is 9.35. The van der Waals surface area contributed by atoms with Gasteiger partial charge in [-0.25, -0.2) is 9.97 Å². The number of aromatic nitrogens is 4. The number of carbonyl (C=O) groups is 2. The number of carboxylic acids is 2. The fourth-order valence-electron chi connectivity index (χ4n) is 5.35. The van der Waals surface area contributed by atoms with Crippen LogP contribution in [0, 0.1) is 13.8 Å². The fourth-order valence-corrected chi connectivity index (χ4v) is 8.03. The van der Waals surface area contributed by atoms with Crippen LogP contribution in [-0.4, -0.2) is 42.1 Å². The number of hydrogen-bond donors (Lipinski definition) is 4. The number of aromatic amines is 2. The minimum absolute atomic E-state index is 0.0546. The maximum absolute atomic E-state index is 11.6. The van der Waals surface area contributed by atoms with Gasteiger partial charge in [0.15, 0.2) is 0 Å². The molecule has 8 bridgehead atoms. The van der Waals surface area contributed by atoms with Crippen molar-refractivity contribution in [2.45, 2.75) is 53.4 Å². The average molecular weight is 826 g/mol.